The second-order valence-electron chi connectivity index (χ2n) is 4.07. The molecule has 16 heavy (non-hydrogen) atoms. The molecule has 4 nitrogen and oxygen atoms in total. The Bertz CT molecular complexity index is 307. The minimum atomic E-state index is -0.945. The maximum atomic E-state index is 11.9. The van der Waals surface area contributed by atoms with Crippen LogP contribution in [0, 0.1) is 5.41 Å². The van der Waals surface area contributed by atoms with E-state index in [1.165, 1.54) is 0 Å². The molecule has 0 aromatic carbocycles. The zero-order valence-corrected chi connectivity index (χ0v) is 11.8. The van der Waals surface area contributed by atoms with Gasteiger partial charge in [-0.25, -0.2) is 0 Å². The van der Waals surface area contributed by atoms with Gasteiger partial charge in [0.2, 0.25) is 5.91 Å². The summed E-state index contributed by atoms with van der Waals surface area (Å²) in [6.07, 6.45) is 2.17. The first-order valence-corrected chi connectivity index (χ1v) is 7.19. The van der Waals surface area contributed by atoms with Gasteiger partial charge in [0.15, 0.2) is 0 Å². The van der Waals surface area contributed by atoms with E-state index in [0.29, 0.717) is 13.0 Å². The number of carbonyl (C=O) groups is 1. The van der Waals surface area contributed by atoms with Gasteiger partial charge in [-0.3, -0.25) is 9.00 Å². The molecule has 0 radical (unpaired) electrons. The lowest BCUT2D eigenvalue weighted by molar-refractivity contribution is -0.126. The fraction of sp³-hybridized carbons (Fsp3) is 0.800. The average Bonchev–Trinajstić information content (AvgIpc) is 2.23. The molecule has 3 unspecified atom stereocenters. The SMILES string of the molecule is CCC(C)(C(=O)NCC(C)S(C)=O)C(N)=S. The van der Waals surface area contributed by atoms with Crippen LogP contribution in [0.15, 0.2) is 0 Å². The third-order valence-corrected chi connectivity index (χ3v) is 4.62. The summed E-state index contributed by atoms with van der Waals surface area (Å²) < 4.78 is 11.1. The summed E-state index contributed by atoms with van der Waals surface area (Å²) >= 11 is 4.89. The Hall–Kier alpha value is -0.490. The largest absolute Gasteiger partial charge is 0.392 e. The van der Waals surface area contributed by atoms with Crippen LogP contribution in [0.3, 0.4) is 0 Å². The molecule has 0 aliphatic carbocycles. The third kappa shape index (κ3) is 3.83. The van der Waals surface area contributed by atoms with Gasteiger partial charge in [0, 0.05) is 28.9 Å². The molecule has 6 heteroatoms. The predicted octanol–water partition coefficient (Wildman–Crippen LogP) is 0.572. The first kappa shape index (κ1) is 15.5. The molecule has 0 spiro atoms. The first-order valence-electron chi connectivity index (χ1n) is 5.16. The molecule has 0 saturated heterocycles. The van der Waals surface area contributed by atoms with Crippen molar-refractivity contribution in [3.8, 4) is 0 Å². The Labute approximate surface area is 105 Å². The number of nitrogens with one attached hydrogen (secondary N) is 1. The van der Waals surface area contributed by atoms with E-state index < -0.39 is 16.2 Å². The molecule has 0 saturated carbocycles. The molecule has 0 aliphatic rings. The fourth-order valence-corrected chi connectivity index (χ4v) is 1.55. The number of amides is 1. The number of carbonyl (C=O) groups excluding carboxylic acids is 1. The van der Waals surface area contributed by atoms with Crippen LogP contribution in [0.2, 0.25) is 0 Å². The molecule has 0 heterocycles. The van der Waals surface area contributed by atoms with E-state index in [0.717, 1.165) is 0 Å². The summed E-state index contributed by atoms with van der Waals surface area (Å²) in [5, 5.41) is 2.66. The van der Waals surface area contributed by atoms with Crippen LogP contribution in [0.1, 0.15) is 27.2 Å². The van der Waals surface area contributed by atoms with Crippen molar-refractivity contribution in [3.63, 3.8) is 0 Å². The fourth-order valence-electron chi connectivity index (χ4n) is 0.996. The maximum absolute atomic E-state index is 11.9. The number of hydrogen-bond acceptors (Lipinski definition) is 3. The van der Waals surface area contributed by atoms with Crippen LogP contribution >= 0.6 is 12.2 Å². The summed E-state index contributed by atoms with van der Waals surface area (Å²) in [6.45, 7) is 5.78. The Morgan fingerprint density at radius 2 is 2.12 bits per heavy atom. The van der Waals surface area contributed by atoms with Gasteiger partial charge >= 0.3 is 0 Å². The first-order chi connectivity index (χ1) is 7.25. The minimum Gasteiger partial charge on any atom is -0.392 e. The van der Waals surface area contributed by atoms with Crippen LogP contribution in [0.4, 0.5) is 0 Å². The molecule has 1 amide bonds. The summed E-state index contributed by atoms with van der Waals surface area (Å²) in [5.41, 5.74) is 4.74. The summed E-state index contributed by atoms with van der Waals surface area (Å²) in [6, 6.07) is 0. The predicted molar refractivity (Wildman–Crippen MR) is 71.7 cm³/mol. The zero-order valence-electron chi connectivity index (χ0n) is 10.2. The molecule has 94 valence electrons. The van der Waals surface area contributed by atoms with E-state index in [-0.39, 0.29) is 16.1 Å². The van der Waals surface area contributed by atoms with Crippen LogP contribution in [0.25, 0.3) is 0 Å². The molecular weight excluding hydrogens is 244 g/mol. The third-order valence-electron chi connectivity index (χ3n) is 2.87. The molecule has 3 atom stereocenters. The molecule has 0 fully saturated rings. The smallest absolute Gasteiger partial charge is 0.232 e. The number of thiocarbonyl (C=S) groups is 1. The molecular formula is C10H20N2O2S2. The van der Waals surface area contributed by atoms with E-state index in [2.05, 4.69) is 5.32 Å². The average molecular weight is 264 g/mol. The van der Waals surface area contributed by atoms with Crippen molar-refractivity contribution in [2.24, 2.45) is 11.1 Å². The molecule has 0 aromatic rings. The van der Waals surface area contributed by atoms with E-state index in [4.69, 9.17) is 18.0 Å². The highest BCUT2D eigenvalue weighted by Crippen LogP contribution is 2.21. The number of nitrogens with two attached hydrogens (primary N) is 1. The Kier molecular flexibility index (Phi) is 6.10. The lowest BCUT2D eigenvalue weighted by Gasteiger charge is -2.26. The number of rotatable bonds is 6. The molecule has 0 aromatic heterocycles. The second-order valence-corrected chi connectivity index (χ2v) is 6.31. The van der Waals surface area contributed by atoms with Crippen LogP contribution in [0.5, 0.6) is 0 Å². The molecule has 0 aliphatic heterocycles. The molecule has 3 N–H and O–H groups in total. The number of hydrogen-bond donors (Lipinski definition) is 2. The van der Waals surface area contributed by atoms with E-state index in [9.17, 15) is 9.00 Å². The monoisotopic (exact) mass is 264 g/mol. The minimum absolute atomic E-state index is 0.0728. The summed E-state index contributed by atoms with van der Waals surface area (Å²) in [4.78, 5) is 12.1. The van der Waals surface area contributed by atoms with E-state index >= 15 is 0 Å². The van der Waals surface area contributed by atoms with Gasteiger partial charge in [-0.1, -0.05) is 19.1 Å². The topological polar surface area (TPSA) is 72.2 Å². The van der Waals surface area contributed by atoms with Gasteiger partial charge in [-0.2, -0.15) is 0 Å². The van der Waals surface area contributed by atoms with Gasteiger partial charge in [0.05, 0.1) is 10.4 Å². The van der Waals surface area contributed by atoms with Crippen LogP contribution in [-0.2, 0) is 15.6 Å². The van der Waals surface area contributed by atoms with Gasteiger partial charge < -0.3 is 11.1 Å². The molecule has 0 bridgehead atoms. The molecule has 0 rings (SSSR count). The highest BCUT2D eigenvalue weighted by Gasteiger charge is 2.34. The summed E-state index contributed by atoms with van der Waals surface area (Å²) in [5.74, 6) is -0.195. The van der Waals surface area contributed by atoms with Gasteiger partial charge in [0.25, 0.3) is 0 Å². The quantitative estimate of drug-likeness (QED) is 0.688. The van der Waals surface area contributed by atoms with Gasteiger partial charge in [0.1, 0.15) is 0 Å². The second kappa shape index (κ2) is 6.30. The van der Waals surface area contributed by atoms with Gasteiger partial charge in [-0.05, 0) is 20.3 Å². The van der Waals surface area contributed by atoms with Crippen molar-refractivity contribution in [3.05, 3.63) is 0 Å². The van der Waals surface area contributed by atoms with Crippen molar-refractivity contribution in [2.45, 2.75) is 32.4 Å². The van der Waals surface area contributed by atoms with Crippen molar-refractivity contribution in [1.29, 1.82) is 0 Å². The standard InChI is InChI=1S/C10H20N2O2S2/c1-5-10(3,8(11)15)9(13)12-6-7(2)16(4)14/h7H,5-6H2,1-4H3,(H2,11,15)(H,12,13). The van der Waals surface area contributed by atoms with Crippen LogP contribution in [-0.4, -0.2) is 33.2 Å². The summed E-state index contributed by atoms with van der Waals surface area (Å²) in [7, 11) is -0.945. The normalized spacial score (nSPS) is 18.2. The van der Waals surface area contributed by atoms with E-state index in [1.54, 1.807) is 13.2 Å². The maximum Gasteiger partial charge on any atom is 0.232 e. The van der Waals surface area contributed by atoms with Crippen molar-refractivity contribution < 1.29 is 9.00 Å². The van der Waals surface area contributed by atoms with E-state index in [1.807, 2.05) is 13.8 Å². The van der Waals surface area contributed by atoms with Crippen LogP contribution < -0.4 is 11.1 Å². The van der Waals surface area contributed by atoms with Crippen molar-refractivity contribution in [2.75, 3.05) is 12.8 Å². The lowest BCUT2D eigenvalue weighted by atomic mass is 9.86. The van der Waals surface area contributed by atoms with Crippen molar-refractivity contribution >= 4 is 33.9 Å². The lowest BCUT2D eigenvalue weighted by Crippen LogP contribution is -2.48. The van der Waals surface area contributed by atoms with Gasteiger partial charge in [-0.15, -0.1) is 0 Å². The van der Waals surface area contributed by atoms with Crippen molar-refractivity contribution in [1.82, 2.24) is 5.32 Å². The highest BCUT2D eigenvalue weighted by molar-refractivity contribution is 7.84. The Balaban J connectivity index is 4.46. The highest BCUT2D eigenvalue weighted by atomic mass is 32.2. The zero-order chi connectivity index (χ0) is 12.9. The Morgan fingerprint density at radius 3 is 2.44 bits per heavy atom. The Morgan fingerprint density at radius 1 is 1.62 bits per heavy atom.